The molecule has 1 N–H and O–H groups in total. The normalized spacial score (nSPS) is 13.5. The first-order chi connectivity index (χ1) is 15.5. The highest BCUT2D eigenvalue weighted by Crippen LogP contribution is 2.39. The molecule has 0 unspecified atom stereocenters. The van der Waals surface area contributed by atoms with E-state index in [1.807, 2.05) is 25.1 Å². The SMILES string of the molecule is CCOc1ccc(NC2=C(c3ccccc3)C(=O)N(c3cc(Cl)ccc3OC)C2=O)cc1. The molecule has 3 aromatic rings. The number of hydrogen-bond donors (Lipinski definition) is 1. The number of rotatable bonds is 7. The average Bonchev–Trinajstić information content (AvgIpc) is 3.05. The van der Waals surface area contributed by atoms with E-state index in [1.54, 1.807) is 54.6 Å². The molecule has 0 saturated carbocycles. The number of hydrogen-bond acceptors (Lipinski definition) is 5. The molecular formula is C25H21ClN2O4. The van der Waals surface area contributed by atoms with Gasteiger partial charge in [0.2, 0.25) is 0 Å². The van der Waals surface area contributed by atoms with Gasteiger partial charge < -0.3 is 14.8 Å². The first-order valence-corrected chi connectivity index (χ1v) is 10.4. The zero-order chi connectivity index (χ0) is 22.7. The average molecular weight is 449 g/mol. The van der Waals surface area contributed by atoms with Crippen LogP contribution in [0.1, 0.15) is 12.5 Å². The Bertz CT molecular complexity index is 1190. The Morgan fingerprint density at radius 3 is 2.31 bits per heavy atom. The second kappa shape index (κ2) is 9.16. The lowest BCUT2D eigenvalue weighted by atomic mass is 10.0. The minimum Gasteiger partial charge on any atom is -0.495 e. The van der Waals surface area contributed by atoms with Crippen LogP contribution in [0.4, 0.5) is 11.4 Å². The number of benzene rings is 3. The maximum Gasteiger partial charge on any atom is 0.282 e. The lowest BCUT2D eigenvalue weighted by molar-refractivity contribution is -0.120. The van der Waals surface area contributed by atoms with E-state index >= 15 is 0 Å². The van der Waals surface area contributed by atoms with Crippen molar-refractivity contribution in [3.63, 3.8) is 0 Å². The molecule has 0 aliphatic carbocycles. The summed E-state index contributed by atoms with van der Waals surface area (Å²) in [5.41, 5.74) is 2.01. The molecular weight excluding hydrogens is 428 g/mol. The highest BCUT2D eigenvalue weighted by atomic mass is 35.5. The van der Waals surface area contributed by atoms with Gasteiger partial charge in [-0.15, -0.1) is 0 Å². The van der Waals surface area contributed by atoms with E-state index in [4.69, 9.17) is 21.1 Å². The lowest BCUT2D eigenvalue weighted by Gasteiger charge is -2.18. The fourth-order valence-corrected chi connectivity index (χ4v) is 3.69. The molecule has 1 aliphatic heterocycles. The molecule has 0 spiro atoms. The third-order valence-corrected chi connectivity index (χ3v) is 5.20. The van der Waals surface area contributed by atoms with Crippen molar-refractivity contribution in [1.29, 1.82) is 0 Å². The number of halogens is 1. The Hall–Kier alpha value is -3.77. The summed E-state index contributed by atoms with van der Waals surface area (Å²) < 4.78 is 10.9. The van der Waals surface area contributed by atoms with Crippen LogP contribution in [0.2, 0.25) is 5.02 Å². The van der Waals surface area contributed by atoms with Gasteiger partial charge in [-0.25, -0.2) is 4.90 Å². The number of nitrogens with one attached hydrogen (secondary N) is 1. The van der Waals surface area contributed by atoms with Gasteiger partial charge in [0.25, 0.3) is 11.8 Å². The number of carbonyl (C=O) groups is 2. The summed E-state index contributed by atoms with van der Waals surface area (Å²) in [5, 5.41) is 3.51. The Morgan fingerprint density at radius 1 is 0.938 bits per heavy atom. The maximum atomic E-state index is 13.5. The van der Waals surface area contributed by atoms with E-state index in [1.165, 1.54) is 7.11 Å². The van der Waals surface area contributed by atoms with Crippen molar-refractivity contribution in [2.75, 3.05) is 23.9 Å². The molecule has 4 rings (SSSR count). The summed E-state index contributed by atoms with van der Waals surface area (Å²) in [6, 6.07) is 21.1. The van der Waals surface area contributed by atoms with Gasteiger partial charge in [-0.05, 0) is 55.0 Å². The Balaban J connectivity index is 1.79. The van der Waals surface area contributed by atoms with Gasteiger partial charge in [-0.2, -0.15) is 0 Å². The van der Waals surface area contributed by atoms with Crippen LogP contribution in [-0.2, 0) is 9.59 Å². The molecule has 0 saturated heterocycles. The van der Waals surface area contributed by atoms with Crippen molar-refractivity contribution in [2.45, 2.75) is 6.92 Å². The highest BCUT2D eigenvalue weighted by molar-refractivity contribution is 6.46. The van der Waals surface area contributed by atoms with E-state index < -0.39 is 11.8 Å². The largest absolute Gasteiger partial charge is 0.495 e. The van der Waals surface area contributed by atoms with Crippen molar-refractivity contribution < 1.29 is 19.1 Å². The van der Waals surface area contributed by atoms with Crippen molar-refractivity contribution in [3.05, 3.63) is 89.1 Å². The van der Waals surface area contributed by atoms with Crippen LogP contribution in [0.25, 0.3) is 5.57 Å². The number of anilines is 2. The number of carbonyl (C=O) groups excluding carboxylic acids is 2. The summed E-state index contributed by atoms with van der Waals surface area (Å²) in [7, 11) is 1.47. The molecule has 1 heterocycles. The van der Waals surface area contributed by atoms with Gasteiger partial charge in [-0.1, -0.05) is 41.9 Å². The molecule has 0 aromatic heterocycles. The number of methoxy groups -OCH3 is 1. The van der Waals surface area contributed by atoms with Crippen LogP contribution < -0.4 is 19.7 Å². The molecule has 0 atom stereocenters. The molecule has 0 bridgehead atoms. The van der Waals surface area contributed by atoms with Gasteiger partial charge in [-0.3, -0.25) is 9.59 Å². The standard InChI is InChI=1S/C25H21ClN2O4/c1-3-32-19-12-10-18(11-13-19)27-23-22(16-7-5-4-6-8-16)24(29)28(25(23)30)20-15-17(26)9-14-21(20)31-2/h4-15,27H,3H2,1-2H3. The summed E-state index contributed by atoms with van der Waals surface area (Å²) in [6.07, 6.45) is 0. The van der Waals surface area contributed by atoms with E-state index in [0.29, 0.717) is 28.6 Å². The highest BCUT2D eigenvalue weighted by Gasteiger charge is 2.41. The van der Waals surface area contributed by atoms with Gasteiger partial charge >= 0.3 is 0 Å². The number of ether oxygens (including phenoxy) is 2. The second-order valence-electron chi connectivity index (χ2n) is 6.96. The van der Waals surface area contributed by atoms with E-state index in [2.05, 4.69) is 5.32 Å². The summed E-state index contributed by atoms with van der Waals surface area (Å²) in [5.74, 6) is 0.124. The minimum atomic E-state index is -0.497. The predicted octanol–water partition coefficient (Wildman–Crippen LogP) is 5.14. The van der Waals surface area contributed by atoms with E-state index in [9.17, 15) is 9.59 Å². The molecule has 32 heavy (non-hydrogen) atoms. The van der Waals surface area contributed by atoms with Crippen LogP contribution in [-0.4, -0.2) is 25.5 Å². The predicted molar refractivity (Wildman–Crippen MR) is 125 cm³/mol. The van der Waals surface area contributed by atoms with Crippen LogP contribution in [0.15, 0.2) is 78.5 Å². The fourth-order valence-electron chi connectivity index (χ4n) is 3.52. The topological polar surface area (TPSA) is 67.9 Å². The molecule has 162 valence electrons. The third-order valence-electron chi connectivity index (χ3n) is 4.96. The lowest BCUT2D eigenvalue weighted by Crippen LogP contribution is -2.32. The van der Waals surface area contributed by atoms with Gasteiger partial charge in [0.1, 0.15) is 17.2 Å². The first kappa shape index (κ1) is 21.5. The first-order valence-electron chi connectivity index (χ1n) is 10.1. The number of nitrogens with zero attached hydrogens (tertiary/aromatic N) is 1. The summed E-state index contributed by atoms with van der Waals surface area (Å²) in [4.78, 5) is 28.1. The molecule has 6 nitrogen and oxygen atoms in total. The van der Waals surface area contributed by atoms with Crippen molar-refractivity contribution in [3.8, 4) is 11.5 Å². The quantitative estimate of drug-likeness (QED) is 0.506. The molecule has 0 fully saturated rings. The minimum absolute atomic E-state index is 0.174. The molecule has 1 aliphatic rings. The van der Waals surface area contributed by atoms with Gasteiger partial charge in [0, 0.05) is 10.7 Å². The van der Waals surface area contributed by atoms with E-state index in [0.717, 1.165) is 10.6 Å². The fraction of sp³-hybridized carbons (Fsp3) is 0.120. The van der Waals surface area contributed by atoms with Crippen molar-refractivity contribution in [1.82, 2.24) is 0 Å². The third kappa shape index (κ3) is 4.05. The molecule has 2 amide bonds. The monoisotopic (exact) mass is 448 g/mol. The number of imide groups is 1. The van der Waals surface area contributed by atoms with Crippen LogP contribution in [0.5, 0.6) is 11.5 Å². The molecule has 0 radical (unpaired) electrons. The Kier molecular flexibility index (Phi) is 6.14. The maximum absolute atomic E-state index is 13.5. The zero-order valence-corrected chi connectivity index (χ0v) is 18.3. The second-order valence-corrected chi connectivity index (χ2v) is 7.40. The van der Waals surface area contributed by atoms with Crippen molar-refractivity contribution in [2.24, 2.45) is 0 Å². The van der Waals surface area contributed by atoms with Crippen LogP contribution >= 0.6 is 11.6 Å². The molecule has 7 heteroatoms. The van der Waals surface area contributed by atoms with Crippen LogP contribution in [0.3, 0.4) is 0 Å². The summed E-state index contributed by atoms with van der Waals surface area (Å²) in [6.45, 7) is 2.46. The Morgan fingerprint density at radius 2 is 1.66 bits per heavy atom. The van der Waals surface area contributed by atoms with Crippen LogP contribution in [0, 0.1) is 0 Å². The summed E-state index contributed by atoms with van der Waals surface area (Å²) >= 11 is 6.16. The Labute approximate surface area is 191 Å². The van der Waals surface area contributed by atoms with Gasteiger partial charge in [0.15, 0.2) is 0 Å². The number of amides is 2. The zero-order valence-electron chi connectivity index (χ0n) is 17.6. The smallest absolute Gasteiger partial charge is 0.282 e. The molecule has 3 aromatic carbocycles. The van der Waals surface area contributed by atoms with E-state index in [-0.39, 0.29) is 17.0 Å². The van der Waals surface area contributed by atoms with Gasteiger partial charge in [0.05, 0.1) is 25.0 Å². The van der Waals surface area contributed by atoms with Crippen molar-refractivity contribution >= 4 is 40.4 Å².